The number of amides is 1. The molecule has 116 valence electrons. The molecule has 21 heavy (non-hydrogen) atoms. The number of nitrogens with two attached hydrogens (primary N) is 1. The highest BCUT2D eigenvalue weighted by molar-refractivity contribution is 5.95. The Morgan fingerprint density at radius 1 is 1.24 bits per heavy atom. The Balaban J connectivity index is 2.11. The van der Waals surface area contributed by atoms with E-state index < -0.39 is 0 Å². The normalized spacial score (nSPS) is 21.1. The van der Waals surface area contributed by atoms with E-state index in [9.17, 15) is 4.79 Å². The molecular weight excluding hydrogens is 268 g/mol. The third-order valence-corrected chi connectivity index (χ3v) is 3.69. The van der Waals surface area contributed by atoms with E-state index in [1.807, 2.05) is 13.8 Å². The van der Waals surface area contributed by atoms with Crippen molar-refractivity contribution in [1.29, 1.82) is 0 Å². The van der Waals surface area contributed by atoms with Crippen molar-refractivity contribution < 1.29 is 14.3 Å². The van der Waals surface area contributed by atoms with Crippen molar-refractivity contribution in [2.24, 2.45) is 5.73 Å². The van der Waals surface area contributed by atoms with Crippen molar-refractivity contribution in [3.8, 4) is 11.5 Å². The van der Waals surface area contributed by atoms with Crippen LogP contribution in [0.15, 0.2) is 18.2 Å². The maximum atomic E-state index is 12.3. The van der Waals surface area contributed by atoms with Gasteiger partial charge in [0.15, 0.2) is 11.5 Å². The highest BCUT2D eigenvalue weighted by Crippen LogP contribution is 2.28. The Hall–Kier alpha value is -1.75. The van der Waals surface area contributed by atoms with E-state index in [-0.39, 0.29) is 18.0 Å². The second-order valence-corrected chi connectivity index (χ2v) is 5.20. The van der Waals surface area contributed by atoms with Gasteiger partial charge in [-0.1, -0.05) is 0 Å². The number of nitrogens with one attached hydrogen (secondary N) is 1. The van der Waals surface area contributed by atoms with Gasteiger partial charge in [-0.15, -0.1) is 0 Å². The average molecular weight is 292 g/mol. The molecule has 2 rings (SSSR count). The van der Waals surface area contributed by atoms with Crippen LogP contribution in [0.2, 0.25) is 0 Å². The molecule has 2 unspecified atom stereocenters. The van der Waals surface area contributed by atoms with Crippen molar-refractivity contribution in [3.63, 3.8) is 0 Å². The molecule has 1 saturated carbocycles. The number of rotatable bonds is 6. The topological polar surface area (TPSA) is 73.6 Å². The van der Waals surface area contributed by atoms with Gasteiger partial charge < -0.3 is 20.5 Å². The fourth-order valence-electron chi connectivity index (χ4n) is 2.61. The van der Waals surface area contributed by atoms with Crippen LogP contribution >= 0.6 is 0 Å². The van der Waals surface area contributed by atoms with E-state index in [1.54, 1.807) is 18.2 Å². The van der Waals surface area contributed by atoms with Crippen molar-refractivity contribution in [2.75, 3.05) is 13.2 Å². The smallest absolute Gasteiger partial charge is 0.251 e. The van der Waals surface area contributed by atoms with E-state index >= 15 is 0 Å². The molecule has 0 radical (unpaired) electrons. The summed E-state index contributed by atoms with van der Waals surface area (Å²) < 4.78 is 11.0. The number of benzene rings is 1. The van der Waals surface area contributed by atoms with Crippen LogP contribution in [0.5, 0.6) is 11.5 Å². The lowest BCUT2D eigenvalue weighted by molar-refractivity contribution is 0.0934. The van der Waals surface area contributed by atoms with Gasteiger partial charge in [-0.25, -0.2) is 0 Å². The average Bonchev–Trinajstić information content (AvgIpc) is 2.86. The molecule has 1 fully saturated rings. The molecule has 1 aliphatic carbocycles. The van der Waals surface area contributed by atoms with Gasteiger partial charge in [0.2, 0.25) is 0 Å². The standard InChI is InChI=1S/C16H24N2O3/c1-3-20-14-9-8-11(10-15(14)21-4-2)16(19)18-13-7-5-6-12(13)17/h8-10,12-13H,3-7,17H2,1-2H3,(H,18,19). The zero-order valence-electron chi connectivity index (χ0n) is 12.7. The van der Waals surface area contributed by atoms with Gasteiger partial charge in [0.25, 0.3) is 5.91 Å². The zero-order chi connectivity index (χ0) is 15.2. The van der Waals surface area contributed by atoms with Gasteiger partial charge in [-0.2, -0.15) is 0 Å². The predicted octanol–water partition coefficient (Wildman–Crippen LogP) is 2.09. The number of ether oxygens (including phenoxy) is 2. The Bertz CT molecular complexity index is 490. The monoisotopic (exact) mass is 292 g/mol. The van der Waals surface area contributed by atoms with E-state index in [2.05, 4.69) is 5.32 Å². The Morgan fingerprint density at radius 3 is 2.57 bits per heavy atom. The van der Waals surface area contributed by atoms with Gasteiger partial charge in [-0.05, 0) is 51.3 Å². The molecule has 0 heterocycles. The van der Waals surface area contributed by atoms with E-state index in [0.717, 1.165) is 19.3 Å². The van der Waals surface area contributed by atoms with Crippen LogP contribution in [0, 0.1) is 0 Å². The second-order valence-electron chi connectivity index (χ2n) is 5.20. The lowest BCUT2D eigenvalue weighted by Crippen LogP contribution is -2.43. The first kappa shape index (κ1) is 15.6. The molecule has 1 amide bonds. The van der Waals surface area contributed by atoms with Crippen molar-refractivity contribution in [3.05, 3.63) is 23.8 Å². The molecule has 5 heteroatoms. The molecule has 5 nitrogen and oxygen atoms in total. The van der Waals surface area contributed by atoms with Gasteiger partial charge in [0.05, 0.1) is 13.2 Å². The number of carbonyl (C=O) groups excluding carboxylic acids is 1. The van der Waals surface area contributed by atoms with Gasteiger partial charge in [0, 0.05) is 17.6 Å². The maximum Gasteiger partial charge on any atom is 0.251 e. The van der Waals surface area contributed by atoms with Crippen LogP contribution in [0.4, 0.5) is 0 Å². The molecule has 0 aromatic heterocycles. The summed E-state index contributed by atoms with van der Waals surface area (Å²) in [4.78, 5) is 12.3. The summed E-state index contributed by atoms with van der Waals surface area (Å²) in [7, 11) is 0. The summed E-state index contributed by atoms with van der Waals surface area (Å²) in [6.45, 7) is 4.90. The SMILES string of the molecule is CCOc1ccc(C(=O)NC2CCCC2N)cc1OCC. The molecular formula is C16H24N2O3. The fraction of sp³-hybridized carbons (Fsp3) is 0.562. The first-order valence-corrected chi connectivity index (χ1v) is 7.61. The molecule has 0 bridgehead atoms. The highest BCUT2D eigenvalue weighted by Gasteiger charge is 2.25. The number of hydrogen-bond donors (Lipinski definition) is 2. The van der Waals surface area contributed by atoms with Gasteiger partial charge in [0.1, 0.15) is 0 Å². The van der Waals surface area contributed by atoms with E-state index in [0.29, 0.717) is 30.3 Å². The summed E-state index contributed by atoms with van der Waals surface area (Å²) in [6, 6.07) is 5.38. The van der Waals surface area contributed by atoms with Gasteiger partial charge >= 0.3 is 0 Å². The fourth-order valence-corrected chi connectivity index (χ4v) is 2.61. The summed E-state index contributed by atoms with van der Waals surface area (Å²) in [5, 5.41) is 3.01. The van der Waals surface area contributed by atoms with Crippen LogP contribution in [-0.4, -0.2) is 31.2 Å². The zero-order valence-corrected chi connectivity index (χ0v) is 12.7. The van der Waals surface area contributed by atoms with Crippen LogP contribution in [0.1, 0.15) is 43.5 Å². The van der Waals surface area contributed by atoms with Gasteiger partial charge in [-0.3, -0.25) is 4.79 Å². The van der Waals surface area contributed by atoms with Crippen LogP contribution in [-0.2, 0) is 0 Å². The summed E-state index contributed by atoms with van der Waals surface area (Å²) in [5.41, 5.74) is 6.56. The molecule has 0 spiro atoms. The molecule has 0 saturated heterocycles. The predicted molar refractivity (Wildman–Crippen MR) is 81.9 cm³/mol. The molecule has 1 aromatic rings. The minimum absolute atomic E-state index is 0.0583. The Kier molecular flexibility index (Phi) is 5.44. The molecule has 3 N–H and O–H groups in total. The van der Waals surface area contributed by atoms with E-state index in [4.69, 9.17) is 15.2 Å². The molecule has 1 aromatic carbocycles. The minimum atomic E-state index is -0.110. The second kappa shape index (κ2) is 7.31. The third-order valence-electron chi connectivity index (χ3n) is 3.69. The Labute approximate surface area is 125 Å². The number of carbonyl (C=O) groups is 1. The van der Waals surface area contributed by atoms with Crippen molar-refractivity contribution in [1.82, 2.24) is 5.32 Å². The van der Waals surface area contributed by atoms with Crippen LogP contribution in [0.3, 0.4) is 0 Å². The summed E-state index contributed by atoms with van der Waals surface area (Å²) in [6.07, 6.45) is 2.99. The first-order valence-electron chi connectivity index (χ1n) is 7.61. The lowest BCUT2D eigenvalue weighted by Gasteiger charge is -2.18. The highest BCUT2D eigenvalue weighted by atomic mass is 16.5. The third kappa shape index (κ3) is 3.88. The van der Waals surface area contributed by atoms with Crippen LogP contribution in [0.25, 0.3) is 0 Å². The quantitative estimate of drug-likeness (QED) is 0.842. The number of hydrogen-bond acceptors (Lipinski definition) is 4. The molecule has 1 aliphatic rings. The van der Waals surface area contributed by atoms with Crippen molar-refractivity contribution >= 4 is 5.91 Å². The maximum absolute atomic E-state index is 12.3. The Morgan fingerprint density at radius 2 is 1.95 bits per heavy atom. The van der Waals surface area contributed by atoms with Crippen LogP contribution < -0.4 is 20.5 Å². The molecule has 2 atom stereocenters. The largest absolute Gasteiger partial charge is 0.490 e. The summed E-state index contributed by atoms with van der Waals surface area (Å²) in [5.74, 6) is 1.15. The summed E-state index contributed by atoms with van der Waals surface area (Å²) >= 11 is 0. The first-order chi connectivity index (χ1) is 10.2. The minimum Gasteiger partial charge on any atom is -0.490 e. The van der Waals surface area contributed by atoms with Crippen molar-refractivity contribution in [2.45, 2.75) is 45.2 Å². The molecule has 0 aliphatic heterocycles. The lowest BCUT2D eigenvalue weighted by atomic mass is 10.1. The van der Waals surface area contributed by atoms with E-state index in [1.165, 1.54) is 0 Å².